The summed E-state index contributed by atoms with van der Waals surface area (Å²) in [7, 11) is 3.24. The van der Waals surface area contributed by atoms with E-state index in [4.69, 9.17) is 15.2 Å². The van der Waals surface area contributed by atoms with Crippen LogP contribution in [0.2, 0.25) is 0 Å². The van der Waals surface area contributed by atoms with Gasteiger partial charge in [0.25, 0.3) is 0 Å². The first kappa shape index (κ1) is 12.4. The molecular formula is C13H17N3O2. The molecule has 0 bridgehead atoms. The normalized spacial score (nSPS) is 10.4. The molecule has 5 nitrogen and oxygen atoms in total. The smallest absolute Gasteiger partial charge is 0.161 e. The molecule has 1 aromatic carbocycles. The van der Waals surface area contributed by atoms with Gasteiger partial charge in [-0.15, -0.1) is 0 Å². The van der Waals surface area contributed by atoms with Gasteiger partial charge in [-0.1, -0.05) is 0 Å². The van der Waals surface area contributed by atoms with Crippen LogP contribution in [0.3, 0.4) is 0 Å². The van der Waals surface area contributed by atoms with Gasteiger partial charge in [0.05, 0.1) is 14.2 Å². The number of aromatic nitrogens is 2. The minimum atomic E-state index is 0.580. The molecule has 2 N–H and O–H groups in total. The quantitative estimate of drug-likeness (QED) is 0.870. The molecule has 0 unspecified atom stereocenters. The van der Waals surface area contributed by atoms with Crippen LogP contribution in [0.5, 0.6) is 11.5 Å². The highest BCUT2D eigenvalue weighted by atomic mass is 16.5. The minimum Gasteiger partial charge on any atom is -0.493 e. The Morgan fingerprint density at radius 2 is 2.00 bits per heavy atom. The molecule has 2 rings (SSSR count). The number of nitrogens with two attached hydrogens (primary N) is 1. The lowest BCUT2D eigenvalue weighted by atomic mass is 10.2. The lowest BCUT2D eigenvalue weighted by Crippen LogP contribution is -2.10. The van der Waals surface area contributed by atoms with Gasteiger partial charge in [-0.3, -0.25) is 0 Å². The molecule has 0 saturated heterocycles. The molecule has 0 fully saturated rings. The van der Waals surface area contributed by atoms with E-state index in [-0.39, 0.29) is 0 Å². The van der Waals surface area contributed by atoms with E-state index < -0.39 is 0 Å². The molecule has 2 aromatic rings. The number of nitrogens with zero attached hydrogens (tertiary/aromatic N) is 2. The van der Waals surface area contributed by atoms with Crippen molar-refractivity contribution in [3.05, 3.63) is 30.6 Å². The first-order valence-corrected chi connectivity index (χ1v) is 5.73. The second-order valence-electron chi connectivity index (χ2n) is 3.80. The number of methoxy groups -OCH3 is 2. The first-order valence-electron chi connectivity index (χ1n) is 5.73. The topological polar surface area (TPSA) is 62.3 Å². The number of rotatable bonds is 5. The van der Waals surface area contributed by atoms with Crippen LogP contribution in [-0.2, 0) is 6.54 Å². The Kier molecular flexibility index (Phi) is 3.84. The number of imidazole rings is 1. The van der Waals surface area contributed by atoms with Gasteiger partial charge in [-0.2, -0.15) is 0 Å². The Labute approximate surface area is 106 Å². The molecular weight excluding hydrogens is 230 g/mol. The largest absolute Gasteiger partial charge is 0.493 e. The van der Waals surface area contributed by atoms with Gasteiger partial charge >= 0.3 is 0 Å². The van der Waals surface area contributed by atoms with E-state index in [2.05, 4.69) is 4.98 Å². The van der Waals surface area contributed by atoms with Gasteiger partial charge < -0.3 is 19.8 Å². The minimum absolute atomic E-state index is 0.580. The van der Waals surface area contributed by atoms with Crippen molar-refractivity contribution in [1.29, 1.82) is 0 Å². The molecule has 5 heteroatoms. The highest BCUT2D eigenvalue weighted by Crippen LogP contribution is 2.31. The third-order valence-corrected chi connectivity index (χ3v) is 2.73. The van der Waals surface area contributed by atoms with Crippen molar-refractivity contribution in [1.82, 2.24) is 9.55 Å². The maximum absolute atomic E-state index is 5.58. The summed E-state index contributed by atoms with van der Waals surface area (Å²) >= 11 is 0. The van der Waals surface area contributed by atoms with Gasteiger partial charge in [0.2, 0.25) is 0 Å². The zero-order chi connectivity index (χ0) is 13.0. The second-order valence-corrected chi connectivity index (χ2v) is 3.80. The number of ether oxygens (including phenoxy) is 2. The zero-order valence-corrected chi connectivity index (χ0v) is 10.6. The van der Waals surface area contributed by atoms with Crippen molar-refractivity contribution < 1.29 is 9.47 Å². The average molecular weight is 247 g/mol. The van der Waals surface area contributed by atoms with Crippen molar-refractivity contribution in [3.63, 3.8) is 0 Å². The Bertz CT molecular complexity index is 523. The van der Waals surface area contributed by atoms with Crippen molar-refractivity contribution in [2.75, 3.05) is 20.8 Å². The standard InChI is InChI=1S/C13H17N3O2/c1-17-11-4-3-10(9-12(11)18-2)13-15-6-8-16(13)7-5-14/h3-4,6,8-9H,5,7,14H2,1-2H3. The molecule has 0 atom stereocenters. The summed E-state index contributed by atoms with van der Waals surface area (Å²) in [5, 5.41) is 0. The molecule has 96 valence electrons. The van der Waals surface area contributed by atoms with Crippen LogP contribution in [0.1, 0.15) is 0 Å². The molecule has 1 heterocycles. The van der Waals surface area contributed by atoms with Gasteiger partial charge in [0.1, 0.15) is 5.82 Å². The van der Waals surface area contributed by atoms with E-state index >= 15 is 0 Å². The van der Waals surface area contributed by atoms with E-state index in [1.807, 2.05) is 29.0 Å². The summed E-state index contributed by atoms with van der Waals surface area (Å²) in [6, 6.07) is 5.74. The van der Waals surface area contributed by atoms with Gasteiger partial charge in [-0.25, -0.2) is 4.98 Å². The molecule has 0 aliphatic rings. The summed E-state index contributed by atoms with van der Waals surface area (Å²) in [5.74, 6) is 2.27. The van der Waals surface area contributed by atoms with Crippen LogP contribution in [-0.4, -0.2) is 30.3 Å². The Morgan fingerprint density at radius 1 is 1.22 bits per heavy atom. The monoisotopic (exact) mass is 247 g/mol. The van der Waals surface area contributed by atoms with Crippen molar-refractivity contribution in [2.45, 2.75) is 6.54 Å². The molecule has 0 aliphatic carbocycles. The molecule has 18 heavy (non-hydrogen) atoms. The third kappa shape index (κ3) is 2.31. The maximum Gasteiger partial charge on any atom is 0.161 e. The van der Waals surface area contributed by atoms with Crippen LogP contribution in [0, 0.1) is 0 Å². The van der Waals surface area contributed by atoms with Gasteiger partial charge in [-0.05, 0) is 18.2 Å². The third-order valence-electron chi connectivity index (χ3n) is 2.73. The maximum atomic E-state index is 5.58. The molecule has 0 amide bonds. The first-order chi connectivity index (χ1) is 8.80. The predicted molar refractivity (Wildman–Crippen MR) is 69.8 cm³/mol. The van der Waals surface area contributed by atoms with E-state index in [0.29, 0.717) is 18.0 Å². The molecule has 0 spiro atoms. The molecule has 0 radical (unpaired) electrons. The van der Waals surface area contributed by atoms with E-state index in [9.17, 15) is 0 Å². The lowest BCUT2D eigenvalue weighted by Gasteiger charge is -2.10. The van der Waals surface area contributed by atoms with Gasteiger partial charge in [0, 0.05) is 31.0 Å². The number of benzene rings is 1. The van der Waals surface area contributed by atoms with Crippen LogP contribution in [0.4, 0.5) is 0 Å². The van der Waals surface area contributed by atoms with Crippen LogP contribution < -0.4 is 15.2 Å². The molecule has 0 aliphatic heterocycles. The number of hydrogen-bond acceptors (Lipinski definition) is 4. The van der Waals surface area contributed by atoms with Crippen LogP contribution >= 0.6 is 0 Å². The molecule has 0 saturated carbocycles. The average Bonchev–Trinajstić information content (AvgIpc) is 2.86. The van der Waals surface area contributed by atoms with Crippen LogP contribution in [0.25, 0.3) is 11.4 Å². The second kappa shape index (κ2) is 5.55. The summed E-state index contributed by atoms with van der Waals surface area (Å²) in [5.41, 5.74) is 6.55. The van der Waals surface area contributed by atoms with Crippen molar-refractivity contribution in [3.8, 4) is 22.9 Å². The summed E-state index contributed by atoms with van der Waals surface area (Å²) in [4.78, 5) is 4.35. The van der Waals surface area contributed by atoms with Crippen molar-refractivity contribution in [2.24, 2.45) is 5.73 Å². The summed E-state index contributed by atoms with van der Waals surface area (Å²) < 4.78 is 12.5. The fourth-order valence-corrected chi connectivity index (χ4v) is 1.86. The Hall–Kier alpha value is -2.01. The van der Waals surface area contributed by atoms with E-state index in [0.717, 1.165) is 17.9 Å². The molecule has 1 aromatic heterocycles. The zero-order valence-electron chi connectivity index (χ0n) is 10.6. The highest BCUT2D eigenvalue weighted by Gasteiger charge is 2.09. The van der Waals surface area contributed by atoms with Gasteiger partial charge in [0.15, 0.2) is 11.5 Å². The number of hydrogen-bond donors (Lipinski definition) is 1. The van der Waals surface area contributed by atoms with E-state index in [1.165, 1.54) is 0 Å². The highest BCUT2D eigenvalue weighted by molar-refractivity contribution is 5.61. The lowest BCUT2D eigenvalue weighted by molar-refractivity contribution is 0.355. The van der Waals surface area contributed by atoms with Crippen molar-refractivity contribution >= 4 is 0 Å². The Morgan fingerprint density at radius 3 is 2.67 bits per heavy atom. The SMILES string of the molecule is COc1ccc(-c2nccn2CCN)cc1OC. The summed E-state index contributed by atoms with van der Waals surface area (Å²) in [6.45, 7) is 1.32. The fourth-order valence-electron chi connectivity index (χ4n) is 1.86. The van der Waals surface area contributed by atoms with E-state index in [1.54, 1.807) is 20.4 Å². The predicted octanol–water partition coefficient (Wildman–Crippen LogP) is 1.53. The summed E-state index contributed by atoms with van der Waals surface area (Å²) in [6.07, 6.45) is 3.68. The Balaban J connectivity index is 2.41. The van der Waals surface area contributed by atoms with Crippen LogP contribution in [0.15, 0.2) is 30.6 Å². The fraction of sp³-hybridized carbons (Fsp3) is 0.308.